The summed E-state index contributed by atoms with van der Waals surface area (Å²) in [5, 5.41) is 3.18. The van der Waals surface area contributed by atoms with Crippen LogP contribution in [0.4, 0.5) is 22.0 Å². The van der Waals surface area contributed by atoms with E-state index < -0.39 is 30.4 Å². The summed E-state index contributed by atoms with van der Waals surface area (Å²) >= 11 is 0. The van der Waals surface area contributed by atoms with Gasteiger partial charge in [0.25, 0.3) is 0 Å². The first-order valence-corrected chi connectivity index (χ1v) is 10.4. The third-order valence-electron chi connectivity index (χ3n) is 5.57. The summed E-state index contributed by atoms with van der Waals surface area (Å²) < 4.78 is 66.7. The Balaban J connectivity index is 1.99. The van der Waals surface area contributed by atoms with E-state index in [-0.39, 0.29) is 18.0 Å². The van der Waals surface area contributed by atoms with Crippen molar-refractivity contribution < 1.29 is 22.0 Å². The lowest BCUT2D eigenvalue weighted by molar-refractivity contribution is -0.146. The van der Waals surface area contributed by atoms with Crippen LogP contribution in [0.1, 0.15) is 24.9 Å². The van der Waals surface area contributed by atoms with E-state index in [1.807, 2.05) is 4.90 Å². The minimum atomic E-state index is -4.21. The van der Waals surface area contributed by atoms with Gasteiger partial charge in [-0.05, 0) is 45.1 Å². The van der Waals surface area contributed by atoms with Crippen LogP contribution >= 0.6 is 0 Å². The van der Waals surface area contributed by atoms with E-state index in [0.717, 1.165) is 6.42 Å². The molecular weight excluding hydrogens is 417 g/mol. The maximum atomic E-state index is 14.3. The minimum Gasteiger partial charge on any atom is -0.354 e. The van der Waals surface area contributed by atoms with Crippen LogP contribution in [0.15, 0.2) is 23.2 Å². The van der Waals surface area contributed by atoms with Crippen LogP contribution in [-0.4, -0.2) is 87.2 Å². The summed E-state index contributed by atoms with van der Waals surface area (Å²) in [6.45, 7) is 2.98. The van der Waals surface area contributed by atoms with Crippen LogP contribution in [0.2, 0.25) is 0 Å². The molecule has 5 nitrogen and oxygen atoms in total. The molecule has 2 atom stereocenters. The SMILES string of the molecule is CCN(CC1CCN(C(=NC)NCC(c2c(F)cccc2F)N(C)C)C1)CC(F)(F)F. The molecule has 1 aromatic rings. The second-order valence-electron chi connectivity index (χ2n) is 8.09. The fourth-order valence-electron chi connectivity index (χ4n) is 3.99. The van der Waals surface area contributed by atoms with E-state index in [9.17, 15) is 22.0 Å². The highest BCUT2D eigenvalue weighted by Gasteiger charge is 2.33. The molecule has 176 valence electrons. The van der Waals surface area contributed by atoms with Crippen molar-refractivity contribution in [2.75, 3.05) is 60.4 Å². The van der Waals surface area contributed by atoms with E-state index in [4.69, 9.17) is 0 Å². The molecule has 1 fully saturated rings. The first kappa shape index (κ1) is 25.3. The van der Waals surface area contributed by atoms with Crippen molar-refractivity contribution in [3.63, 3.8) is 0 Å². The standard InChI is InChI=1S/C21H32F5N5/c1-5-30(14-21(24,25)26)12-15-9-10-31(13-15)20(27-2)28-11-18(29(3)4)19-16(22)7-6-8-17(19)23/h6-8,15,18H,5,9-14H2,1-4H3,(H,27,28). The fraction of sp³-hybridized carbons (Fsp3) is 0.667. The van der Waals surface area contributed by atoms with Gasteiger partial charge in [-0.1, -0.05) is 13.0 Å². The zero-order chi connectivity index (χ0) is 23.2. The van der Waals surface area contributed by atoms with Gasteiger partial charge in [0.15, 0.2) is 5.96 Å². The number of likely N-dealkylation sites (tertiary alicyclic amines) is 1. The van der Waals surface area contributed by atoms with Crippen molar-refractivity contribution in [3.8, 4) is 0 Å². The van der Waals surface area contributed by atoms with Gasteiger partial charge in [0, 0.05) is 38.8 Å². The van der Waals surface area contributed by atoms with Gasteiger partial charge < -0.3 is 15.1 Å². The quantitative estimate of drug-likeness (QED) is 0.375. The molecule has 0 saturated carbocycles. The third-order valence-corrected chi connectivity index (χ3v) is 5.57. The number of benzene rings is 1. The first-order valence-electron chi connectivity index (χ1n) is 10.4. The molecule has 0 spiro atoms. The van der Waals surface area contributed by atoms with Crippen LogP contribution in [0.25, 0.3) is 0 Å². The van der Waals surface area contributed by atoms with Gasteiger partial charge in [0.05, 0.1) is 12.6 Å². The summed E-state index contributed by atoms with van der Waals surface area (Å²) in [4.78, 5) is 9.38. The summed E-state index contributed by atoms with van der Waals surface area (Å²) in [6, 6.07) is 3.24. The summed E-state index contributed by atoms with van der Waals surface area (Å²) in [6.07, 6.45) is -3.46. The first-order chi connectivity index (χ1) is 14.6. The second kappa shape index (κ2) is 11.1. The van der Waals surface area contributed by atoms with Crippen LogP contribution in [-0.2, 0) is 0 Å². The highest BCUT2D eigenvalue weighted by molar-refractivity contribution is 5.80. The van der Waals surface area contributed by atoms with Gasteiger partial charge in [0.2, 0.25) is 0 Å². The zero-order valence-electron chi connectivity index (χ0n) is 18.5. The third kappa shape index (κ3) is 7.31. The van der Waals surface area contributed by atoms with Crippen molar-refractivity contribution in [2.45, 2.75) is 25.6 Å². The summed E-state index contributed by atoms with van der Waals surface area (Å²) in [7, 11) is 5.10. The molecule has 31 heavy (non-hydrogen) atoms. The lowest BCUT2D eigenvalue weighted by atomic mass is 10.0. The van der Waals surface area contributed by atoms with Crippen LogP contribution in [0.5, 0.6) is 0 Å². The van der Waals surface area contributed by atoms with Crippen molar-refractivity contribution in [3.05, 3.63) is 35.4 Å². The number of hydrogen-bond acceptors (Lipinski definition) is 3. The summed E-state index contributed by atoms with van der Waals surface area (Å²) in [5.41, 5.74) is -0.0134. The van der Waals surface area contributed by atoms with Gasteiger partial charge in [-0.3, -0.25) is 9.89 Å². The predicted octanol–water partition coefficient (Wildman–Crippen LogP) is 3.35. The van der Waals surface area contributed by atoms with Crippen molar-refractivity contribution in [1.82, 2.24) is 20.0 Å². The number of guanidine groups is 1. The normalized spacial score (nSPS) is 18.9. The Morgan fingerprint density at radius 2 is 1.90 bits per heavy atom. The highest BCUT2D eigenvalue weighted by atomic mass is 19.4. The van der Waals surface area contributed by atoms with Crippen molar-refractivity contribution >= 4 is 5.96 Å². The fourth-order valence-corrected chi connectivity index (χ4v) is 3.99. The minimum absolute atomic E-state index is 0.0134. The smallest absolute Gasteiger partial charge is 0.354 e. The topological polar surface area (TPSA) is 34.1 Å². The van der Waals surface area contributed by atoms with E-state index >= 15 is 0 Å². The largest absolute Gasteiger partial charge is 0.401 e. The molecule has 0 bridgehead atoms. The molecule has 1 aliphatic rings. The molecule has 10 heteroatoms. The highest BCUT2D eigenvalue weighted by Crippen LogP contribution is 2.25. The number of nitrogens with zero attached hydrogens (tertiary/aromatic N) is 4. The van der Waals surface area contributed by atoms with Crippen LogP contribution in [0, 0.1) is 17.6 Å². The lowest BCUT2D eigenvalue weighted by Gasteiger charge is -2.29. The average molecular weight is 450 g/mol. The molecule has 1 heterocycles. The lowest BCUT2D eigenvalue weighted by Crippen LogP contribution is -2.44. The van der Waals surface area contributed by atoms with E-state index in [1.54, 1.807) is 33.0 Å². The molecule has 0 radical (unpaired) electrons. The Labute approximate surface area is 180 Å². The zero-order valence-corrected chi connectivity index (χ0v) is 18.5. The number of rotatable bonds is 8. The van der Waals surface area contributed by atoms with Gasteiger partial charge >= 0.3 is 6.18 Å². The Morgan fingerprint density at radius 1 is 1.26 bits per heavy atom. The molecular formula is C21H32F5N5. The number of alkyl halides is 3. The summed E-state index contributed by atoms with van der Waals surface area (Å²) in [5.74, 6) is -0.554. The van der Waals surface area contributed by atoms with Crippen molar-refractivity contribution in [1.29, 1.82) is 0 Å². The molecule has 0 aliphatic carbocycles. The van der Waals surface area contributed by atoms with Gasteiger partial charge in [-0.15, -0.1) is 0 Å². The molecule has 0 aromatic heterocycles. The van der Waals surface area contributed by atoms with Gasteiger partial charge in [-0.2, -0.15) is 13.2 Å². The molecule has 1 aromatic carbocycles. The Hall–Kier alpha value is -1.94. The van der Waals surface area contributed by atoms with Crippen LogP contribution < -0.4 is 5.32 Å². The molecule has 1 saturated heterocycles. The Kier molecular flexibility index (Phi) is 9.05. The number of aliphatic imine (C=N–C) groups is 1. The number of hydrogen-bond donors (Lipinski definition) is 1. The maximum absolute atomic E-state index is 14.3. The van der Waals surface area contributed by atoms with E-state index in [2.05, 4.69) is 10.3 Å². The molecule has 0 amide bonds. The van der Waals surface area contributed by atoms with E-state index in [0.29, 0.717) is 32.1 Å². The monoisotopic (exact) mass is 449 g/mol. The number of halogens is 5. The number of nitrogens with one attached hydrogen (secondary N) is 1. The second-order valence-corrected chi connectivity index (χ2v) is 8.09. The number of likely N-dealkylation sites (N-methyl/N-ethyl adjacent to an activating group) is 1. The molecule has 2 unspecified atom stereocenters. The van der Waals surface area contributed by atoms with Gasteiger partial charge in [-0.25, -0.2) is 8.78 Å². The maximum Gasteiger partial charge on any atom is 0.401 e. The Bertz CT molecular complexity index is 717. The van der Waals surface area contributed by atoms with Gasteiger partial charge in [0.1, 0.15) is 11.6 Å². The van der Waals surface area contributed by atoms with Crippen molar-refractivity contribution in [2.24, 2.45) is 10.9 Å². The molecule has 2 rings (SSSR count). The molecule has 1 aliphatic heterocycles. The van der Waals surface area contributed by atoms with Crippen LogP contribution in [0.3, 0.4) is 0 Å². The Morgan fingerprint density at radius 3 is 2.42 bits per heavy atom. The average Bonchev–Trinajstić information content (AvgIpc) is 3.13. The molecule has 1 N–H and O–H groups in total. The predicted molar refractivity (Wildman–Crippen MR) is 112 cm³/mol. The van der Waals surface area contributed by atoms with E-state index in [1.165, 1.54) is 23.1 Å².